The van der Waals surface area contributed by atoms with Gasteiger partial charge in [-0.3, -0.25) is 4.90 Å². The first kappa shape index (κ1) is 15.3. The van der Waals surface area contributed by atoms with E-state index in [1.807, 2.05) is 6.07 Å². The van der Waals surface area contributed by atoms with Crippen LogP contribution >= 0.6 is 12.2 Å². The first-order valence-corrected chi connectivity index (χ1v) is 7.77. The van der Waals surface area contributed by atoms with Gasteiger partial charge in [0, 0.05) is 12.6 Å². The van der Waals surface area contributed by atoms with Crippen molar-refractivity contribution in [1.29, 1.82) is 0 Å². The summed E-state index contributed by atoms with van der Waals surface area (Å²) in [5.74, 6) is 0.757. The minimum Gasteiger partial charge on any atom is -0.496 e. The highest BCUT2D eigenvalue weighted by molar-refractivity contribution is 7.80. The maximum atomic E-state index is 5.78. The summed E-state index contributed by atoms with van der Waals surface area (Å²) in [5, 5.41) is 0. The first-order valence-electron chi connectivity index (χ1n) is 7.36. The molecular weight excluding hydrogens is 268 g/mol. The Labute approximate surface area is 127 Å². The number of thiocarbonyl (C=S) groups is 1. The van der Waals surface area contributed by atoms with Crippen molar-refractivity contribution in [3.05, 3.63) is 29.3 Å². The zero-order chi connectivity index (χ0) is 14.5. The van der Waals surface area contributed by atoms with Crippen LogP contribution in [0, 0.1) is 0 Å². The third kappa shape index (κ3) is 3.93. The fourth-order valence-electron chi connectivity index (χ4n) is 2.47. The monoisotopic (exact) mass is 292 g/mol. The standard InChI is InChI=1S/C16H24N2OS/c1-3-4-9-18(13-6-7-13)11-12-5-8-15(19-2)14(10-12)16(17)20/h5,8,10,13H,3-4,6-7,9,11H2,1-2H3,(H2,17,20). The Kier molecular flexibility index (Phi) is 5.38. The molecule has 0 spiro atoms. The molecule has 1 aromatic carbocycles. The summed E-state index contributed by atoms with van der Waals surface area (Å²) in [6.45, 7) is 4.39. The molecule has 4 heteroatoms. The summed E-state index contributed by atoms with van der Waals surface area (Å²) >= 11 is 5.11. The molecule has 1 aliphatic carbocycles. The summed E-state index contributed by atoms with van der Waals surface area (Å²) in [7, 11) is 1.65. The maximum Gasteiger partial charge on any atom is 0.129 e. The van der Waals surface area contributed by atoms with E-state index in [2.05, 4.69) is 24.0 Å². The zero-order valence-corrected chi connectivity index (χ0v) is 13.2. The molecule has 0 saturated heterocycles. The van der Waals surface area contributed by atoms with E-state index in [-0.39, 0.29) is 0 Å². The predicted octanol–water partition coefficient (Wildman–Crippen LogP) is 3.09. The third-order valence-electron chi connectivity index (χ3n) is 3.78. The van der Waals surface area contributed by atoms with Gasteiger partial charge in [-0.15, -0.1) is 0 Å². The van der Waals surface area contributed by atoms with Crippen LogP contribution in [0.15, 0.2) is 18.2 Å². The first-order chi connectivity index (χ1) is 9.65. The lowest BCUT2D eigenvalue weighted by molar-refractivity contribution is 0.250. The molecule has 1 fully saturated rings. The van der Waals surface area contributed by atoms with Gasteiger partial charge < -0.3 is 10.5 Å². The molecule has 0 heterocycles. The van der Waals surface area contributed by atoms with E-state index in [0.29, 0.717) is 4.99 Å². The van der Waals surface area contributed by atoms with Gasteiger partial charge in [0.2, 0.25) is 0 Å². The second kappa shape index (κ2) is 7.04. The number of methoxy groups -OCH3 is 1. The molecule has 0 bridgehead atoms. The summed E-state index contributed by atoms with van der Waals surface area (Å²) in [4.78, 5) is 2.98. The van der Waals surface area contributed by atoms with E-state index in [9.17, 15) is 0 Å². The average Bonchev–Trinajstić information content (AvgIpc) is 3.27. The van der Waals surface area contributed by atoms with Crippen molar-refractivity contribution in [2.24, 2.45) is 5.73 Å². The lowest BCUT2D eigenvalue weighted by Crippen LogP contribution is -2.26. The van der Waals surface area contributed by atoms with Crippen LogP contribution in [-0.2, 0) is 6.54 Å². The van der Waals surface area contributed by atoms with E-state index in [1.165, 1.54) is 37.8 Å². The smallest absolute Gasteiger partial charge is 0.129 e. The minimum atomic E-state index is 0.398. The lowest BCUT2D eigenvalue weighted by atomic mass is 10.1. The maximum absolute atomic E-state index is 5.78. The van der Waals surface area contributed by atoms with Gasteiger partial charge in [0.15, 0.2) is 0 Å². The van der Waals surface area contributed by atoms with Crippen molar-refractivity contribution in [2.45, 2.75) is 45.2 Å². The average molecular weight is 292 g/mol. The molecule has 0 radical (unpaired) electrons. The molecule has 2 N–H and O–H groups in total. The lowest BCUT2D eigenvalue weighted by Gasteiger charge is -2.22. The molecule has 0 amide bonds. The normalized spacial score (nSPS) is 14.6. The van der Waals surface area contributed by atoms with E-state index < -0.39 is 0 Å². The van der Waals surface area contributed by atoms with Crippen LogP contribution in [0.3, 0.4) is 0 Å². The van der Waals surface area contributed by atoms with Crippen molar-refractivity contribution in [3.63, 3.8) is 0 Å². The number of hydrogen-bond donors (Lipinski definition) is 1. The van der Waals surface area contributed by atoms with Gasteiger partial charge in [0.1, 0.15) is 10.7 Å². The molecule has 1 saturated carbocycles. The Morgan fingerprint density at radius 3 is 2.75 bits per heavy atom. The summed E-state index contributed by atoms with van der Waals surface area (Å²) < 4.78 is 5.31. The highest BCUT2D eigenvalue weighted by atomic mass is 32.1. The van der Waals surface area contributed by atoms with Crippen molar-refractivity contribution in [2.75, 3.05) is 13.7 Å². The van der Waals surface area contributed by atoms with Crippen LogP contribution in [0.4, 0.5) is 0 Å². The molecule has 0 aliphatic heterocycles. The van der Waals surface area contributed by atoms with Gasteiger partial charge in [-0.1, -0.05) is 31.6 Å². The number of ether oxygens (including phenoxy) is 1. The molecule has 0 unspecified atom stereocenters. The zero-order valence-electron chi connectivity index (χ0n) is 12.4. The molecule has 1 aromatic rings. The van der Waals surface area contributed by atoms with Gasteiger partial charge in [-0.05, 0) is 43.5 Å². The number of benzene rings is 1. The summed E-state index contributed by atoms with van der Waals surface area (Å²) in [6.07, 6.45) is 5.17. The largest absolute Gasteiger partial charge is 0.496 e. The fourth-order valence-corrected chi connectivity index (χ4v) is 2.63. The highest BCUT2D eigenvalue weighted by Gasteiger charge is 2.28. The second-order valence-corrected chi connectivity index (χ2v) is 5.89. The van der Waals surface area contributed by atoms with E-state index in [4.69, 9.17) is 22.7 Å². The van der Waals surface area contributed by atoms with Crippen LogP contribution in [-0.4, -0.2) is 29.6 Å². The topological polar surface area (TPSA) is 38.5 Å². The number of nitrogens with zero attached hydrogens (tertiary/aromatic N) is 1. The Morgan fingerprint density at radius 1 is 1.45 bits per heavy atom. The van der Waals surface area contributed by atoms with Crippen molar-refractivity contribution in [3.8, 4) is 5.75 Å². The molecule has 3 nitrogen and oxygen atoms in total. The van der Waals surface area contributed by atoms with Crippen LogP contribution in [0.2, 0.25) is 0 Å². The van der Waals surface area contributed by atoms with E-state index >= 15 is 0 Å². The number of unbranched alkanes of at least 4 members (excludes halogenated alkanes) is 1. The molecule has 110 valence electrons. The number of hydrogen-bond acceptors (Lipinski definition) is 3. The Morgan fingerprint density at radius 2 is 2.20 bits per heavy atom. The van der Waals surface area contributed by atoms with Gasteiger partial charge in [0.05, 0.1) is 12.7 Å². The van der Waals surface area contributed by atoms with E-state index in [1.54, 1.807) is 7.11 Å². The number of nitrogens with two attached hydrogens (primary N) is 1. The predicted molar refractivity (Wildman–Crippen MR) is 87.2 cm³/mol. The quantitative estimate of drug-likeness (QED) is 0.747. The second-order valence-electron chi connectivity index (χ2n) is 5.45. The Hall–Kier alpha value is -1.13. The number of rotatable bonds is 8. The van der Waals surface area contributed by atoms with Crippen LogP contribution in [0.1, 0.15) is 43.7 Å². The van der Waals surface area contributed by atoms with Gasteiger partial charge in [-0.25, -0.2) is 0 Å². The Balaban J connectivity index is 2.11. The molecule has 0 aromatic heterocycles. The SMILES string of the molecule is CCCCN(Cc1ccc(OC)c(C(N)=S)c1)C1CC1. The van der Waals surface area contributed by atoms with Gasteiger partial charge in [-0.2, -0.15) is 0 Å². The van der Waals surface area contributed by atoms with Crippen molar-refractivity contribution >= 4 is 17.2 Å². The Bertz CT molecular complexity index is 472. The van der Waals surface area contributed by atoms with Crippen molar-refractivity contribution < 1.29 is 4.74 Å². The molecule has 0 atom stereocenters. The minimum absolute atomic E-state index is 0.398. The van der Waals surface area contributed by atoms with E-state index in [0.717, 1.165) is 23.9 Å². The van der Waals surface area contributed by atoms with Crippen LogP contribution in [0.5, 0.6) is 5.75 Å². The summed E-state index contributed by atoms with van der Waals surface area (Å²) in [5.41, 5.74) is 7.88. The highest BCUT2D eigenvalue weighted by Crippen LogP contribution is 2.29. The molecule has 1 aliphatic rings. The van der Waals surface area contributed by atoms with Gasteiger partial charge >= 0.3 is 0 Å². The third-order valence-corrected chi connectivity index (χ3v) is 4.00. The molecular formula is C16H24N2OS. The van der Waals surface area contributed by atoms with Gasteiger partial charge in [0.25, 0.3) is 0 Å². The fraction of sp³-hybridized carbons (Fsp3) is 0.562. The van der Waals surface area contributed by atoms with Crippen LogP contribution < -0.4 is 10.5 Å². The summed E-state index contributed by atoms with van der Waals surface area (Å²) in [6, 6.07) is 6.93. The van der Waals surface area contributed by atoms with Crippen LogP contribution in [0.25, 0.3) is 0 Å². The molecule has 20 heavy (non-hydrogen) atoms. The van der Waals surface area contributed by atoms with Crippen molar-refractivity contribution in [1.82, 2.24) is 4.90 Å². The molecule has 2 rings (SSSR count).